The molecule has 2 unspecified atom stereocenters. The number of hydrogen-bond acceptors (Lipinski definition) is 3. The molecule has 1 heterocycles. The molecule has 2 nitrogen and oxygen atoms in total. The van der Waals surface area contributed by atoms with Gasteiger partial charge in [0.25, 0.3) is 0 Å². The van der Waals surface area contributed by atoms with Gasteiger partial charge in [-0.25, -0.2) is 8.78 Å². The number of benzene rings is 1. The van der Waals surface area contributed by atoms with Crippen LogP contribution in [0.15, 0.2) is 18.2 Å². The van der Waals surface area contributed by atoms with Crippen LogP contribution < -0.4 is 11.3 Å². The minimum absolute atomic E-state index is 0.183. The highest BCUT2D eigenvalue weighted by molar-refractivity contribution is 8.00. The van der Waals surface area contributed by atoms with Crippen LogP contribution >= 0.6 is 11.8 Å². The second-order valence-electron chi connectivity index (χ2n) is 3.90. The van der Waals surface area contributed by atoms with Gasteiger partial charge in [0.05, 0.1) is 6.04 Å². The lowest BCUT2D eigenvalue weighted by atomic mass is 10.0. The highest BCUT2D eigenvalue weighted by Gasteiger charge is 2.26. The Morgan fingerprint density at radius 3 is 2.50 bits per heavy atom. The summed E-state index contributed by atoms with van der Waals surface area (Å²) in [6.07, 6.45) is 2.16. The molecule has 1 aromatic rings. The Kier molecular flexibility index (Phi) is 3.78. The second-order valence-corrected chi connectivity index (χ2v) is 5.25. The number of nitrogens with two attached hydrogens (primary N) is 1. The zero-order chi connectivity index (χ0) is 11.5. The van der Waals surface area contributed by atoms with E-state index >= 15 is 0 Å². The van der Waals surface area contributed by atoms with Crippen LogP contribution in [0.4, 0.5) is 8.78 Å². The number of hydrogen-bond donors (Lipinski definition) is 2. The Bertz CT molecular complexity index is 347. The fourth-order valence-electron chi connectivity index (χ4n) is 2.04. The molecule has 0 bridgehead atoms. The molecular weight excluding hydrogens is 230 g/mol. The average Bonchev–Trinajstić information content (AvgIpc) is 2.70. The molecule has 1 aliphatic rings. The number of rotatable bonds is 3. The average molecular weight is 244 g/mol. The van der Waals surface area contributed by atoms with Gasteiger partial charge in [-0.1, -0.05) is 0 Å². The first-order valence-corrected chi connectivity index (χ1v) is 6.29. The van der Waals surface area contributed by atoms with Gasteiger partial charge in [0.1, 0.15) is 11.6 Å². The molecule has 0 radical (unpaired) electrons. The van der Waals surface area contributed by atoms with E-state index in [-0.39, 0.29) is 6.04 Å². The van der Waals surface area contributed by atoms with Gasteiger partial charge in [0, 0.05) is 11.3 Å². The van der Waals surface area contributed by atoms with Crippen LogP contribution in [0.5, 0.6) is 0 Å². The van der Waals surface area contributed by atoms with Crippen molar-refractivity contribution in [2.24, 2.45) is 5.84 Å². The summed E-state index contributed by atoms with van der Waals surface area (Å²) in [6, 6.07) is 3.37. The molecule has 0 saturated carbocycles. The third-order valence-electron chi connectivity index (χ3n) is 2.76. The fraction of sp³-hybridized carbons (Fsp3) is 0.455. The predicted molar refractivity (Wildman–Crippen MR) is 61.9 cm³/mol. The maximum atomic E-state index is 13.1. The van der Waals surface area contributed by atoms with Crippen LogP contribution in [0.25, 0.3) is 0 Å². The maximum Gasteiger partial charge on any atom is 0.126 e. The number of hydrazine groups is 1. The van der Waals surface area contributed by atoms with E-state index in [4.69, 9.17) is 5.84 Å². The predicted octanol–water partition coefficient (Wildman–Crippen LogP) is 2.36. The first kappa shape index (κ1) is 11.8. The van der Waals surface area contributed by atoms with E-state index in [2.05, 4.69) is 5.43 Å². The standard InChI is InChI=1S/C11H14F2N2S/c12-8-4-7(5-9(13)6-8)11(15-14)10-2-1-3-16-10/h4-6,10-11,15H,1-3,14H2. The van der Waals surface area contributed by atoms with Crippen molar-refractivity contribution in [1.82, 2.24) is 5.43 Å². The Hall–Kier alpha value is -0.650. The minimum Gasteiger partial charge on any atom is -0.271 e. The van der Waals surface area contributed by atoms with Crippen molar-refractivity contribution in [2.45, 2.75) is 24.1 Å². The third-order valence-corrected chi connectivity index (χ3v) is 4.22. The normalized spacial score (nSPS) is 22.3. The molecule has 88 valence electrons. The molecule has 0 amide bonds. The van der Waals surface area contributed by atoms with Gasteiger partial charge in [-0.2, -0.15) is 11.8 Å². The van der Waals surface area contributed by atoms with Gasteiger partial charge in [-0.15, -0.1) is 0 Å². The number of halogens is 2. The lowest BCUT2D eigenvalue weighted by Gasteiger charge is -2.22. The van der Waals surface area contributed by atoms with Gasteiger partial charge in [0.15, 0.2) is 0 Å². The monoisotopic (exact) mass is 244 g/mol. The van der Waals surface area contributed by atoms with Gasteiger partial charge in [-0.05, 0) is 36.3 Å². The molecule has 1 aliphatic heterocycles. The summed E-state index contributed by atoms with van der Waals surface area (Å²) in [5.74, 6) is 5.45. The largest absolute Gasteiger partial charge is 0.271 e. The minimum atomic E-state index is -0.557. The SMILES string of the molecule is NNC(c1cc(F)cc(F)c1)C1CCCS1. The summed E-state index contributed by atoms with van der Waals surface area (Å²) in [5, 5.41) is 0.297. The van der Waals surface area contributed by atoms with E-state index in [0.29, 0.717) is 10.8 Å². The quantitative estimate of drug-likeness (QED) is 0.633. The summed E-state index contributed by atoms with van der Waals surface area (Å²) >= 11 is 1.79. The summed E-state index contributed by atoms with van der Waals surface area (Å²) < 4.78 is 26.2. The summed E-state index contributed by atoms with van der Waals surface area (Å²) in [4.78, 5) is 0. The van der Waals surface area contributed by atoms with E-state index in [0.717, 1.165) is 24.7 Å². The van der Waals surface area contributed by atoms with Crippen LogP contribution in [-0.2, 0) is 0 Å². The molecule has 2 atom stereocenters. The van der Waals surface area contributed by atoms with Crippen molar-refractivity contribution in [3.63, 3.8) is 0 Å². The zero-order valence-corrected chi connectivity index (χ0v) is 9.57. The van der Waals surface area contributed by atoms with Crippen molar-refractivity contribution in [1.29, 1.82) is 0 Å². The molecule has 1 saturated heterocycles. The lowest BCUT2D eigenvalue weighted by Crippen LogP contribution is -2.34. The number of nitrogens with one attached hydrogen (secondary N) is 1. The van der Waals surface area contributed by atoms with Crippen LogP contribution in [-0.4, -0.2) is 11.0 Å². The summed E-state index contributed by atoms with van der Waals surface area (Å²) in [6.45, 7) is 0. The zero-order valence-electron chi connectivity index (χ0n) is 8.75. The van der Waals surface area contributed by atoms with Crippen LogP contribution in [0.2, 0.25) is 0 Å². The van der Waals surface area contributed by atoms with Crippen molar-refractivity contribution in [2.75, 3.05) is 5.75 Å². The van der Waals surface area contributed by atoms with Crippen molar-refractivity contribution < 1.29 is 8.78 Å². The van der Waals surface area contributed by atoms with Gasteiger partial charge < -0.3 is 0 Å². The van der Waals surface area contributed by atoms with Crippen molar-refractivity contribution in [3.8, 4) is 0 Å². The first-order chi connectivity index (χ1) is 7.70. The molecular formula is C11H14F2N2S. The van der Waals surface area contributed by atoms with Gasteiger partial charge in [-0.3, -0.25) is 11.3 Å². The molecule has 5 heteroatoms. The van der Waals surface area contributed by atoms with E-state index in [1.54, 1.807) is 11.8 Å². The smallest absolute Gasteiger partial charge is 0.126 e. The van der Waals surface area contributed by atoms with Crippen molar-refractivity contribution in [3.05, 3.63) is 35.4 Å². The van der Waals surface area contributed by atoms with Gasteiger partial charge in [0.2, 0.25) is 0 Å². The molecule has 2 rings (SSSR count). The Labute approximate surface area is 97.6 Å². The van der Waals surface area contributed by atoms with E-state index in [9.17, 15) is 8.78 Å². The fourth-order valence-corrected chi connectivity index (χ4v) is 3.44. The Morgan fingerprint density at radius 1 is 1.31 bits per heavy atom. The van der Waals surface area contributed by atoms with Gasteiger partial charge >= 0.3 is 0 Å². The Balaban J connectivity index is 2.24. The van der Waals surface area contributed by atoms with E-state index in [1.165, 1.54) is 12.1 Å². The molecule has 0 aromatic heterocycles. The van der Waals surface area contributed by atoms with E-state index in [1.807, 2.05) is 0 Å². The second kappa shape index (κ2) is 5.12. The molecule has 16 heavy (non-hydrogen) atoms. The first-order valence-electron chi connectivity index (χ1n) is 5.24. The summed E-state index contributed by atoms with van der Waals surface area (Å²) in [7, 11) is 0. The Morgan fingerprint density at radius 2 is 2.00 bits per heavy atom. The molecule has 0 aliphatic carbocycles. The lowest BCUT2D eigenvalue weighted by molar-refractivity contribution is 0.507. The van der Waals surface area contributed by atoms with Crippen molar-refractivity contribution >= 4 is 11.8 Å². The van der Waals surface area contributed by atoms with Crippen LogP contribution in [0.1, 0.15) is 24.4 Å². The summed E-state index contributed by atoms with van der Waals surface area (Å²) in [5.41, 5.74) is 3.24. The molecule has 1 aromatic carbocycles. The molecule has 3 N–H and O–H groups in total. The van der Waals surface area contributed by atoms with E-state index < -0.39 is 11.6 Å². The van der Waals surface area contributed by atoms with Crippen LogP contribution in [0, 0.1) is 11.6 Å². The third kappa shape index (κ3) is 2.53. The topological polar surface area (TPSA) is 38.0 Å². The number of thioether (sulfide) groups is 1. The van der Waals surface area contributed by atoms with Crippen LogP contribution in [0.3, 0.4) is 0 Å². The maximum absolute atomic E-state index is 13.1. The highest BCUT2D eigenvalue weighted by Crippen LogP contribution is 2.35. The molecule has 1 fully saturated rings. The molecule has 0 spiro atoms. The highest BCUT2D eigenvalue weighted by atomic mass is 32.2.